The van der Waals surface area contributed by atoms with E-state index in [0.29, 0.717) is 21.9 Å². The molecule has 7 rings (SSSR count). The van der Waals surface area contributed by atoms with E-state index in [1.807, 2.05) is 0 Å². The van der Waals surface area contributed by atoms with Crippen molar-refractivity contribution in [3.63, 3.8) is 0 Å². The van der Waals surface area contributed by atoms with E-state index in [1.165, 1.54) is 12.1 Å². The highest BCUT2D eigenvalue weighted by atomic mass is 79.9. The highest BCUT2D eigenvalue weighted by Crippen LogP contribution is 2.66. The Kier molecular flexibility index (Phi) is 6.64. The number of allylic oxidation sites excluding steroid dienone is 2. The highest BCUT2D eigenvalue weighted by Gasteiger charge is 2.76. The molecule has 3 N–H and O–H groups in total. The Labute approximate surface area is 273 Å². The van der Waals surface area contributed by atoms with Gasteiger partial charge in [-0.15, -0.1) is 23.2 Å². The van der Waals surface area contributed by atoms with Gasteiger partial charge < -0.3 is 15.3 Å². The number of hydrogen-bond donors (Lipinski definition) is 3. The number of alkyl halides is 3. The maximum absolute atomic E-state index is 14.2. The number of aromatic carboxylic acids is 1. The Balaban J connectivity index is 1.41. The lowest BCUT2D eigenvalue weighted by molar-refractivity contribution is -0.138. The lowest BCUT2D eigenvalue weighted by atomic mass is 9.56. The summed E-state index contributed by atoms with van der Waals surface area (Å²) in [7, 11) is 0. The van der Waals surface area contributed by atoms with Crippen molar-refractivity contribution in [3.8, 4) is 11.5 Å². The van der Waals surface area contributed by atoms with Gasteiger partial charge in [0.15, 0.2) is 9.75 Å². The SMILES string of the molecule is O=C(O)c1ccc(N2C(=O)[C@H]3[C@H](CC=C4[C@H]3C[C@@]3(Cl)C(=O)N(CBr)C(=O)[C@@]3(Cl)[C@H]4c3ccc(O)c4ccccc34)C2=O)cc1O. The molecule has 0 bridgehead atoms. The van der Waals surface area contributed by atoms with E-state index in [1.54, 1.807) is 36.4 Å². The van der Waals surface area contributed by atoms with E-state index in [-0.39, 0.29) is 29.7 Å². The van der Waals surface area contributed by atoms with E-state index in [2.05, 4.69) is 15.9 Å². The minimum Gasteiger partial charge on any atom is -0.507 e. The molecule has 3 fully saturated rings. The van der Waals surface area contributed by atoms with Crippen molar-refractivity contribution in [2.45, 2.75) is 28.5 Å². The first-order valence-corrected chi connectivity index (χ1v) is 15.9. The van der Waals surface area contributed by atoms with Crippen LogP contribution in [0, 0.1) is 17.8 Å². The third-order valence-corrected chi connectivity index (χ3v) is 11.6. The Hall–Kier alpha value is -3.93. The zero-order valence-corrected chi connectivity index (χ0v) is 26.2. The molecule has 45 heavy (non-hydrogen) atoms. The van der Waals surface area contributed by atoms with Crippen LogP contribution in [0.5, 0.6) is 11.5 Å². The Bertz CT molecular complexity index is 1930. The molecule has 3 aromatic carbocycles. The number of carboxylic acids is 1. The molecule has 2 aliphatic heterocycles. The number of carbonyl (C=O) groups is 5. The molecule has 2 saturated heterocycles. The number of carboxylic acid groups (broad SMARTS) is 1. The van der Waals surface area contributed by atoms with Gasteiger partial charge in [0.2, 0.25) is 11.8 Å². The Morgan fingerprint density at radius 1 is 0.911 bits per heavy atom. The van der Waals surface area contributed by atoms with Crippen LogP contribution in [-0.4, -0.2) is 65.0 Å². The summed E-state index contributed by atoms with van der Waals surface area (Å²) in [6, 6.07) is 13.5. The van der Waals surface area contributed by atoms with Crippen molar-refractivity contribution < 1.29 is 39.3 Å². The number of anilines is 1. The smallest absolute Gasteiger partial charge is 0.339 e. The third kappa shape index (κ3) is 3.77. The maximum Gasteiger partial charge on any atom is 0.339 e. The van der Waals surface area contributed by atoms with Gasteiger partial charge in [0.1, 0.15) is 17.1 Å². The third-order valence-electron chi connectivity index (χ3n) is 9.73. The van der Waals surface area contributed by atoms with Crippen LogP contribution < -0.4 is 4.90 Å². The first-order chi connectivity index (χ1) is 21.4. The second-order valence-corrected chi connectivity index (χ2v) is 13.5. The number of hydrogen-bond acceptors (Lipinski definition) is 7. The van der Waals surface area contributed by atoms with Crippen LogP contribution in [0.15, 0.2) is 66.2 Å². The second-order valence-electron chi connectivity index (χ2n) is 11.7. The molecule has 1 saturated carbocycles. The average Bonchev–Trinajstić information content (AvgIpc) is 3.35. The fraction of sp³-hybridized carbons (Fsp3) is 0.281. The molecule has 3 aromatic rings. The summed E-state index contributed by atoms with van der Waals surface area (Å²) in [5.74, 6) is -8.18. The zero-order valence-electron chi connectivity index (χ0n) is 23.1. The van der Waals surface area contributed by atoms with Crippen LogP contribution in [0.3, 0.4) is 0 Å². The summed E-state index contributed by atoms with van der Waals surface area (Å²) in [5.41, 5.74) is 0.568. The van der Waals surface area contributed by atoms with Crippen LogP contribution in [-0.2, 0) is 19.2 Å². The molecular weight excluding hydrogens is 691 g/mol. The summed E-state index contributed by atoms with van der Waals surface area (Å²) in [6.07, 6.45) is 1.71. The highest BCUT2D eigenvalue weighted by molar-refractivity contribution is 9.09. The lowest BCUT2D eigenvalue weighted by Gasteiger charge is -2.51. The van der Waals surface area contributed by atoms with Gasteiger partial charge in [-0.25, -0.2) is 9.69 Å². The van der Waals surface area contributed by atoms with Gasteiger partial charge in [0.05, 0.1) is 23.0 Å². The molecule has 6 atom stereocenters. The molecule has 2 aliphatic carbocycles. The van der Waals surface area contributed by atoms with Crippen molar-refractivity contribution in [1.29, 1.82) is 0 Å². The van der Waals surface area contributed by atoms with Gasteiger partial charge in [-0.1, -0.05) is 57.9 Å². The topological polar surface area (TPSA) is 153 Å². The number of likely N-dealkylation sites (tertiary alicyclic amines) is 1. The summed E-state index contributed by atoms with van der Waals surface area (Å²) >= 11 is 17.8. The van der Waals surface area contributed by atoms with E-state index >= 15 is 0 Å². The number of imide groups is 2. The molecule has 10 nitrogen and oxygen atoms in total. The van der Waals surface area contributed by atoms with Crippen molar-refractivity contribution in [3.05, 3.63) is 77.4 Å². The van der Waals surface area contributed by atoms with Crippen molar-refractivity contribution in [1.82, 2.24) is 4.90 Å². The van der Waals surface area contributed by atoms with Gasteiger partial charge in [0, 0.05) is 17.4 Å². The van der Waals surface area contributed by atoms with Gasteiger partial charge in [-0.05, 0) is 47.9 Å². The van der Waals surface area contributed by atoms with Crippen molar-refractivity contribution in [2.24, 2.45) is 17.8 Å². The number of nitrogens with zero attached hydrogens (tertiary/aromatic N) is 2. The van der Waals surface area contributed by atoms with Crippen LogP contribution in [0.25, 0.3) is 10.8 Å². The summed E-state index contributed by atoms with van der Waals surface area (Å²) in [5, 5.41) is 31.3. The number of phenols is 2. The summed E-state index contributed by atoms with van der Waals surface area (Å²) in [6.45, 7) is 0. The standard InChI is InChI=1S/C32H23BrCl2N2O8/c33-13-36-29(44)31(34)12-21-18(25(32(31,35)30(36)45)17-9-10-22(38)16-4-2-1-3-15(16)17)7-8-20-24(21)27(41)37(26(20)40)14-5-6-19(28(42)43)23(39)11-14/h1-7,9-11,20-21,24-25,38-39H,8,12-13H2,(H,42,43)/t20-,21+,24-,25-,31+,32-/m0/s1. The molecule has 0 aromatic heterocycles. The van der Waals surface area contributed by atoms with Crippen LogP contribution >= 0.6 is 39.1 Å². The Morgan fingerprint density at radius 3 is 2.29 bits per heavy atom. The number of carbonyl (C=O) groups excluding carboxylic acids is 4. The number of aromatic hydroxyl groups is 2. The molecule has 4 aliphatic rings. The van der Waals surface area contributed by atoms with Crippen LogP contribution in [0.1, 0.15) is 34.7 Å². The van der Waals surface area contributed by atoms with E-state index in [0.717, 1.165) is 21.9 Å². The average molecular weight is 714 g/mol. The summed E-state index contributed by atoms with van der Waals surface area (Å²) in [4.78, 5) is 65.2. The van der Waals surface area contributed by atoms with Gasteiger partial charge in [-0.2, -0.15) is 0 Å². The largest absolute Gasteiger partial charge is 0.507 e. The maximum atomic E-state index is 14.2. The van der Waals surface area contributed by atoms with E-state index in [9.17, 15) is 39.3 Å². The minimum absolute atomic E-state index is 0.000411. The van der Waals surface area contributed by atoms with Crippen molar-refractivity contribution >= 4 is 85.2 Å². The number of fused-ring (bicyclic) bond motifs is 5. The molecule has 230 valence electrons. The molecule has 0 spiro atoms. The van der Waals surface area contributed by atoms with Crippen LogP contribution in [0.4, 0.5) is 5.69 Å². The number of halogens is 3. The van der Waals surface area contributed by atoms with Gasteiger partial charge >= 0.3 is 5.97 Å². The molecule has 2 heterocycles. The summed E-state index contributed by atoms with van der Waals surface area (Å²) < 4.78 is 0. The first kappa shape index (κ1) is 29.8. The lowest BCUT2D eigenvalue weighted by Crippen LogP contribution is -2.60. The number of amides is 4. The minimum atomic E-state index is -2.00. The van der Waals surface area contributed by atoms with Gasteiger partial charge in [0.25, 0.3) is 11.8 Å². The molecule has 13 heteroatoms. The quantitative estimate of drug-likeness (QED) is 0.150. The first-order valence-electron chi connectivity index (χ1n) is 14.0. The molecular formula is C32H23BrCl2N2O8. The second kappa shape index (κ2) is 10.0. The normalized spacial score (nSPS) is 30.8. The molecule has 0 unspecified atom stereocenters. The van der Waals surface area contributed by atoms with Gasteiger partial charge in [-0.3, -0.25) is 24.1 Å². The molecule has 4 amide bonds. The number of phenolic OH excluding ortho intramolecular Hbond substituents is 1. The predicted molar refractivity (Wildman–Crippen MR) is 167 cm³/mol. The van der Waals surface area contributed by atoms with E-state index < -0.39 is 74.3 Å². The predicted octanol–water partition coefficient (Wildman–Crippen LogP) is 4.87. The fourth-order valence-corrected chi connectivity index (χ4v) is 9.17. The molecule has 0 radical (unpaired) electrons. The number of benzene rings is 3. The van der Waals surface area contributed by atoms with Crippen molar-refractivity contribution in [2.75, 3.05) is 10.4 Å². The van der Waals surface area contributed by atoms with E-state index in [4.69, 9.17) is 23.2 Å². The zero-order chi connectivity index (χ0) is 32.2. The Morgan fingerprint density at radius 2 is 1.62 bits per heavy atom. The number of rotatable bonds is 4. The fourth-order valence-electron chi connectivity index (χ4n) is 7.75. The van der Waals surface area contributed by atoms with Crippen LogP contribution in [0.2, 0.25) is 0 Å². The monoisotopic (exact) mass is 712 g/mol.